The molecule has 1 aromatic rings. The maximum atomic E-state index is 11.7. The highest BCUT2D eigenvalue weighted by Gasteiger charge is 2.22. The van der Waals surface area contributed by atoms with Crippen molar-refractivity contribution in [2.45, 2.75) is 58.2 Å². The van der Waals surface area contributed by atoms with Gasteiger partial charge in [0.2, 0.25) is 5.91 Å². The van der Waals surface area contributed by atoms with Gasteiger partial charge in [0.05, 0.1) is 12.2 Å². The summed E-state index contributed by atoms with van der Waals surface area (Å²) in [6, 6.07) is 0.429. The second-order valence-corrected chi connectivity index (χ2v) is 7.48. The molecule has 9 heteroatoms. The Kier molecular flexibility index (Phi) is 11.2. The van der Waals surface area contributed by atoms with Gasteiger partial charge in [0.15, 0.2) is 5.96 Å². The van der Waals surface area contributed by atoms with Gasteiger partial charge in [-0.2, -0.15) is 0 Å². The molecule has 1 unspecified atom stereocenters. The zero-order chi connectivity index (χ0) is 18.9. The van der Waals surface area contributed by atoms with Crippen molar-refractivity contribution in [3.63, 3.8) is 0 Å². The number of rotatable bonds is 10. The minimum absolute atomic E-state index is 0. The van der Waals surface area contributed by atoms with Gasteiger partial charge in [-0.25, -0.2) is 4.98 Å². The van der Waals surface area contributed by atoms with Gasteiger partial charge in [0.1, 0.15) is 11.1 Å². The van der Waals surface area contributed by atoms with Gasteiger partial charge in [-0.15, -0.1) is 35.3 Å². The second kappa shape index (κ2) is 12.5. The Bertz CT molecular complexity index is 606. The average molecular weight is 509 g/mol. The van der Waals surface area contributed by atoms with Crippen molar-refractivity contribution in [2.24, 2.45) is 4.99 Å². The largest absolute Gasteiger partial charge is 0.375 e. The lowest BCUT2D eigenvalue weighted by Crippen LogP contribution is -2.38. The first kappa shape index (κ1) is 24.1. The summed E-state index contributed by atoms with van der Waals surface area (Å²) >= 11 is 1.62. The van der Waals surface area contributed by atoms with Gasteiger partial charge < -0.3 is 20.3 Å². The maximum Gasteiger partial charge on any atom is 0.220 e. The van der Waals surface area contributed by atoms with Crippen LogP contribution in [0.4, 0.5) is 0 Å². The molecule has 0 bridgehead atoms. The van der Waals surface area contributed by atoms with Crippen LogP contribution in [0.15, 0.2) is 10.4 Å². The van der Waals surface area contributed by atoms with Crippen LogP contribution in [0, 0.1) is 0 Å². The highest BCUT2D eigenvalue weighted by molar-refractivity contribution is 14.0. The standard InChI is InChI=1S/C18H31N5O2S.HI/c1-5-19-18(20-10-6-7-16(24)21-14-8-9-14)23(3)11-15-12-26-17(22-15)13(2)25-4;/h12-14H,5-11H2,1-4H3,(H,19,20)(H,21,24);1H. The lowest BCUT2D eigenvalue weighted by Gasteiger charge is -2.21. The number of aliphatic imine (C=N–C) groups is 1. The van der Waals surface area contributed by atoms with Crippen LogP contribution in [0.25, 0.3) is 0 Å². The number of halogens is 1. The van der Waals surface area contributed by atoms with Gasteiger partial charge >= 0.3 is 0 Å². The minimum atomic E-state index is 0. The van der Waals surface area contributed by atoms with E-state index in [1.165, 1.54) is 0 Å². The highest BCUT2D eigenvalue weighted by atomic mass is 127. The fourth-order valence-corrected chi connectivity index (χ4v) is 3.26. The number of amides is 1. The maximum absolute atomic E-state index is 11.7. The summed E-state index contributed by atoms with van der Waals surface area (Å²) in [5.74, 6) is 0.979. The Labute approximate surface area is 183 Å². The molecular weight excluding hydrogens is 477 g/mol. The monoisotopic (exact) mass is 509 g/mol. The number of thiazole rings is 1. The normalized spacial score (nSPS) is 15.0. The van der Waals surface area contributed by atoms with E-state index in [-0.39, 0.29) is 36.0 Å². The molecule has 7 nitrogen and oxygen atoms in total. The Hall–Kier alpha value is -0.940. The number of aromatic nitrogens is 1. The minimum Gasteiger partial charge on any atom is -0.375 e. The van der Waals surface area contributed by atoms with E-state index >= 15 is 0 Å². The molecule has 2 N–H and O–H groups in total. The van der Waals surface area contributed by atoms with Crippen LogP contribution < -0.4 is 10.6 Å². The first-order valence-electron chi connectivity index (χ1n) is 9.29. The number of hydrogen-bond acceptors (Lipinski definition) is 5. The average Bonchev–Trinajstić information content (AvgIpc) is 3.31. The molecule has 1 fully saturated rings. The summed E-state index contributed by atoms with van der Waals surface area (Å²) in [4.78, 5) is 23.0. The molecule has 0 spiro atoms. The molecular formula is C18H32IN5O2S. The predicted octanol–water partition coefficient (Wildman–Crippen LogP) is 2.92. The Balaban J connectivity index is 0.00000364. The highest BCUT2D eigenvalue weighted by Crippen LogP contribution is 2.21. The summed E-state index contributed by atoms with van der Waals surface area (Å²) < 4.78 is 5.32. The third kappa shape index (κ3) is 8.73. The third-order valence-electron chi connectivity index (χ3n) is 4.13. The number of carbonyl (C=O) groups is 1. The van der Waals surface area contributed by atoms with Crippen molar-refractivity contribution < 1.29 is 9.53 Å². The fourth-order valence-electron chi connectivity index (χ4n) is 2.42. The van der Waals surface area contributed by atoms with Gasteiger partial charge in [0, 0.05) is 45.1 Å². The van der Waals surface area contributed by atoms with Crippen LogP contribution in [-0.4, -0.2) is 55.0 Å². The molecule has 0 aromatic carbocycles. The van der Waals surface area contributed by atoms with E-state index in [2.05, 4.69) is 30.9 Å². The molecule has 0 saturated heterocycles. The molecule has 154 valence electrons. The molecule has 1 heterocycles. The lowest BCUT2D eigenvalue weighted by atomic mass is 10.3. The first-order chi connectivity index (χ1) is 12.5. The zero-order valence-corrected chi connectivity index (χ0v) is 19.8. The van der Waals surface area contributed by atoms with Crippen LogP contribution in [-0.2, 0) is 16.1 Å². The molecule has 1 aliphatic rings. The van der Waals surface area contributed by atoms with Crippen molar-refractivity contribution in [2.75, 3.05) is 27.2 Å². The predicted molar refractivity (Wildman–Crippen MR) is 121 cm³/mol. The number of guanidine groups is 1. The summed E-state index contributed by atoms with van der Waals surface area (Å²) in [5.41, 5.74) is 1.01. The molecule has 0 radical (unpaired) electrons. The van der Waals surface area contributed by atoms with Crippen molar-refractivity contribution >= 4 is 47.2 Å². The summed E-state index contributed by atoms with van der Waals surface area (Å²) in [7, 11) is 3.69. The smallest absolute Gasteiger partial charge is 0.220 e. The van der Waals surface area contributed by atoms with Crippen LogP contribution in [0.3, 0.4) is 0 Å². The van der Waals surface area contributed by atoms with E-state index in [4.69, 9.17) is 4.74 Å². The number of methoxy groups -OCH3 is 1. The Morgan fingerprint density at radius 3 is 2.89 bits per heavy atom. The number of nitrogens with one attached hydrogen (secondary N) is 2. The summed E-state index contributed by atoms with van der Waals surface area (Å²) in [6.07, 6.45) is 3.56. The summed E-state index contributed by atoms with van der Waals surface area (Å²) in [5, 5.41) is 9.36. The van der Waals surface area contributed by atoms with E-state index in [0.29, 0.717) is 25.6 Å². The quantitative estimate of drug-likeness (QED) is 0.220. The van der Waals surface area contributed by atoms with Crippen molar-refractivity contribution in [1.29, 1.82) is 0 Å². The fraction of sp³-hybridized carbons (Fsp3) is 0.722. The zero-order valence-electron chi connectivity index (χ0n) is 16.7. The van der Waals surface area contributed by atoms with E-state index < -0.39 is 0 Å². The molecule has 0 aliphatic heterocycles. The van der Waals surface area contributed by atoms with E-state index in [9.17, 15) is 4.79 Å². The topological polar surface area (TPSA) is 78.9 Å². The molecule has 1 atom stereocenters. The molecule has 1 aromatic heterocycles. The lowest BCUT2D eigenvalue weighted by molar-refractivity contribution is -0.121. The number of ether oxygens (including phenoxy) is 1. The van der Waals surface area contributed by atoms with Gasteiger partial charge in [-0.05, 0) is 33.1 Å². The molecule has 27 heavy (non-hydrogen) atoms. The van der Waals surface area contributed by atoms with E-state index in [0.717, 1.165) is 42.5 Å². The molecule has 1 saturated carbocycles. The number of carbonyl (C=O) groups excluding carboxylic acids is 1. The second-order valence-electron chi connectivity index (χ2n) is 6.59. The van der Waals surface area contributed by atoms with Crippen molar-refractivity contribution in [3.8, 4) is 0 Å². The third-order valence-corrected chi connectivity index (χ3v) is 5.19. The SMILES string of the molecule is CCNC(=NCCCC(=O)NC1CC1)N(C)Cc1csc(C(C)OC)n1.I. The van der Waals surface area contributed by atoms with E-state index in [1.807, 2.05) is 20.9 Å². The van der Waals surface area contributed by atoms with Crippen LogP contribution >= 0.6 is 35.3 Å². The summed E-state index contributed by atoms with van der Waals surface area (Å²) in [6.45, 7) is 6.16. The Morgan fingerprint density at radius 2 is 2.26 bits per heavy atom. The number of hydrogen-bond donors (Lipinski definition) is 2. The van der Waals surface area contributed by atoms with Crippen molar-refractivity contribution in [1.82, 2.24) is 20.5 Å². The van der Waals surface area contributed by atoms with Gasteiger partial charge in [-0.3, -0.25) is 9.79 Å². The first-order valence-corrected chi connectivity index (χ1v) is 10.2. The van der Waals surface area contributed by atoms with E-state index in [1.54, 1.807) is 18.4 Å². The van der Waals surface area contributed by atoms with Crippen LogP contribution in [0.1, 0.15) is 56.3 Å². The Morgan fingerprint density at radius 1 is 1.52 bits per heavy atom. The van der Waals surface area contributed by atoms with Gasteiger partial charge in [0.25, 0.3) is 0 Å². The van der Waals surface area contributed by atoms with Crippen LogP contribution in [0.2, 0.25) is 0 Å². The molecule has 2 rings (SSSR count). The van der Waals surface area contributed by atoms with Crippen LogP contribution in [0.5, 0.6) is 0 Å². The van der Waals surface area contributed by atoms with Crippen molar-refractivity contribution in [3.05, 3.63) is 16.1 Å². The molecule has 1 aliphatic carbocycles. The van der Waals surface area contributed by atoms with Gasteiger partial charge in [-0.1, -0.05) is 0 Å². The molecule has 1 amide bonds. The number of nitrogens with zero attached hydrogens (tertiary/aromatic N) is 3.